The zero-order valence-electron chi connectivity index (χ0n) is 13.5. The summed E-state index contributed by atoms with van der Waals surface area (Å²) in [5.74, 6) is -0.0615. The summed E-state index contributed by atoms with van der Waals surface area (Å²) in [6.07, 6.45) is 9.05. The zero-order valence-corrected chi connectivity index (χ0v) is 13.5. The van der Waals surface area contributed by atoms with Crippen LogP contribution >= 0.6 is 0 Å². The van der Waals surface area contributed by atoms with Gasteiger partial charge < -0.3 is 9.47 Å². The van der Waals surface area contributed by atoms with E-state index in [1.165, 1.54) is 24.3 Å². The first kappa shape index (κ1) is 16.4. The summed E-state index contributed by atoms with van der Waals surface area (Å²) in [6.45, 7) is 0. The van der Waals surface area contributed by atoms with E-state index in [0.717, 1.165) is 25.7 Å². The summed E-state index contributed by atoms with van der Waals surface area (Å²) in [6, 6.07) is 5.51. The smallest absolute Gasteiger partial charge is 0.179 e. The Morgan fingerprint density at radius 2 is 1.79 bits per heavy atom. The van der Waals surface area contributed by atoms with Crippen molar-refractivity contribution in [3.63, 3.8) is 0 Å². The Hall–Kier alpha value is -2.43. The Kier molecular flexibility index (Phi) is 5.08. The molecule has 24 heavy (non-hydrogen) atoms. The van der Waals surface area contributed by atoms with Crippen LogP contribution in [0, 0.1) is 11.6 Å². The molecule has 0 saturated heterocycles. The van der Waals surface area contributed by atoms with Crippen molar-refractivity contribution in [3.8, 4) is 11.5 Å². The molecule has 2 aromatic rings. The number of halogens is 2. The molecule has 1 aliphatic rings. The summed E-state index contributed by atoms with van der Waals surface area (Å²) in [5, 5.41) is 0. The average molecular weight is 331 g/mol. The van der Waals surface area contributed by atoms with Gasteiger partial charge in [0.25, 0.3) is 0 Å². The van der Waals surface area contributed by atoms with Crippen LogP contribution in [-0.4, -0.2) is 18.2 Å². The first-order valence-electron chi connectivity index (χ1n) is 8.00. The number of ether oxygens (including phenoxy) is 2. The van der Waals surface area contributed by atoms with Crippen molar-refractivity contribution in [3.05, 3.63) is 53.4 Å². The Morgan fingerprint density at radius 3 is 2.46 bits per heavy atom. The first-order chi connectivity index (χ1) is 11.7. The molecule has 1 fully saturated rings. The molecule has 0 aliphatic heterocycles. The molecule has 5 heteroatoms. The van der Waals surface area contributed by atoms with Gasteiger partial charge in [0.2, 0.25) is 0 Å². The fraction of sp³-hybridized carbons (Fsp3) is 0.316. The maximum Gasteiger partial charge on any atom is 0.179 e. The molecule has 0 bridgehead atoms. The van der Waals surface area contributed by atoms with Gasteiger partial charge in [0.05, 0.1) is 25.1 Å². The molecule has 0 atom stereocenters. The number of benzene rings is 1. The highest BCUT2D eigenvalue weighted by Crippen LogP contribution is 2.32. The highest BCUT2D eigenvalue weighted by atomic mass is 19.1. The lowest BCUT2D eigenvalue weighted by molar-refractivity contribution is 0.200. The van der Waals surface area contributed by atoms with Crippen LogP contribution in [0.1, 0.15) is 36.9 Å². The van der Waals surface area contributed by atoms with Crippen LogP contribution in [0.4, 0.5) is 8.78 Å². The molecular weight excluding hydrogens is 312 g/mol. The van der Waals surface area contributed by atoms with Crippen molar-refractivity contribution >= 4 is 12.2 Å². The normalized spacial score (nSPS) is 15.1. The van der Waals surface area contributed by atoms with Crippen LogP contribution in [0.2, 0.25) is 0 Å². The third-order valence-corrected chi connectivity index (χ3v) is 4.09. The van der Waals surface area contributed by atoms with E-state index in [-0.39, 0.29) is 11.7 Å². The second kappa shape index (κ2) is 7.43. The van der Waals surface area contributed by atoms with Crippen LogP contribution in [0.5, 0.6) is 11.5 Å². The maximum atomic E-state index is 13.7. The van der Waals surface area contributed by atoms with Gasteiger partial charge in [-0.15, -0.1) is 0 Å². The minimum Gasteiger partial charge on any atom is -0.491 e. The molecule has 0 unspecified atom stereocenters. The fourth-order valence-electron chi connectivity index (χ4n) is 2.80. The van der Waals surface area contributed by atoms with Crippen molar-refractivity contribution in [1.82, 2.24) is 4.98 Å². The molecule has 0 spiro atoms. The lowest BCUT2D eigenvalue weighted by Crippen LogP contribution is -2.11. The number of hydrogen-bond acceptors (Lipinski definition) is 3. The van der Waals surface area contributed by atoms with E-state index in [9.17, 15) is 8.78 Å². The molecule has 126 valence electrons. The maximum absolute atomic E-state index is 13.7. The van der Waals surface area contributed by atoms with E-state index < -0.39 is 11.6 Å². The summed E-state index contributed by atoms with van der Waals surface area (Å²) in [5.41, 5.74) is 0.458. The summed E-state index contributed by atoms with van der Waals surface area (Å²) in [4.78, 5) is 4.22. The van der Waals surface area contributed by atoms with Gasteiger partial charge in [-0.3, -0.25) is 4.98 Å². The third-order valence-electron chi connectivity index (χ3n) is 4.09. The highest BCUT2D eigenvalue weighted by Gasteiger charge is 2.18. The Labute approximate surface area is 139 Å². The third kappa shape index (κ3) is 3.72. The molecule has 3 nitrogen and oxygen atoms in total. The molecule has 1 aromatic carbocycles. The molecule has 1 aliphatic carbocycles. The predicted octanol–water partition coefficient (Wildman–Crippen LogP) is 4.86. The van der Waals surface area contributed by atoms with Crippen LogP contribution in [0.3, 0.4) is 0 Å². The standard InChI is InChI=1S/C19H19F2NO2/c1-23-19-12-22-13(11-18(19)24-14-5-2-3-6-14)9-10-15-16(20)7-4-8-17(15)21/h4,7-12,14H,2-3,5-6H2,1H3. The average Bonchev–Trinajstić information content (AvgIpc) is 3.08. The summed E-state index contributed by atoms with van der Waals surface area (Å²) in [7, 11) is 1.56. The van der Waals surface area contributed by atoms with Crippen LogP contribution in [0.15, 0.2) is 30.5 Å². The quantitative estimate of drug-likeness (QED) is 0.784. The zero-order chi connectivity index (χ0) is 16.9. The summed E-state index contributed by atoms with van der Waals surface area (Å²) >= 11 is 0. The van der Waals surface area contributed by atoms with Crippen molar-refractivity contribution in [2.24, 2.45) is 0 Å². The molecular formula is C19H19F2NO2. The number of hydrogen-bond donors (Lipinski definition) is 0. The second-order valence-corrected chi connectivity index (χ2v) is 5.75. The van der Waals surface area contributed by atoms with Gasteiger partial charge >= 0.3 is 0 Å². The van der Waals surface area contributed by atoms with E-state index >= 15 is 0 Å². The van der Waals surface area contributed by atoms with Gasteiger partial charge in [0, 0.05) is 11.6 Å². The Balaban J connectivity index is 1.84. The van der Waals surface area contributed by atoms with E-state index in [1.807, 2.05) is 0 Å². The number of nitrogens with zero attached hydrogens (tertiary/aromatic N) is 1. The lowest BCUT2D eigenvalue weighted by atomic mass is 10.1. The van der Waals surface area contributed by atoms with Gasteiger partial charge in [-0.1, -0.05) is 6.07 Å². The lowest BCUT2D eigenvalue weighted by Gasteiger charge is -2.15. The molecule has 0 radical (unpaired) electrons. The molecule has 1 saturated carbocycles. The number of methoxy groups -OCH3 is 1. The minimum atomic E-state index is -0.609. The van der Waals surface area contributed by atoms with Gasteiger partial charge in [0.15, 0.2) is 11.5 Å². The highest BCUT2D eigenvalue weighted by molar-refractivity contribution is 5.69. The van der Waals surface area contributed by atoms with Crippen LogP contribution in [-0.2, 0) is 0 Å². The molecule has 0 N–H and O–H groups in total. The van der Waals surface area contributed by atoms with Gasteiger partial charge in [-0.2, -0.15) is 0 Å². The van der Waals surface area contributed by atoms with Gasteiger partial charge in [-0.05, 0) is 50.0 Å². The van der Waals surface area contributed by atoms with Crippen molar-refractivity contribution in [2.45, 2.75) is 31.8 Å². The van der Waals surface area contributed by atoms with Crippen molar-refractivity contribution < 1.29 is 18.3 Å². The molecule has 1 heterocycles. The SMILES string of the molecule is COc1cnc(C=Cc2c(F)cccc2F)cc1OC1CCCC1. The van der Waals surface area contributed by atoms with E-state index in [2.05, 4.69) is 4.98 Å². The van der Waals surface area contributed by atoms with Gasteiger partial charge in [-0.25, -0.2) is 8.78 Å². The Bertz CT molecular complexity index is 720. The number of rotatable bonds is 5. The monoisotopic (exact) mass is 331 g/mol. The largest absolute Gasteiger partial charge is 0.491 e. The molecule has 3 rings (SSSR count). The summed E-state index contributed by atoms with van der Waals surface area (Å²) < 4.78 is 38.6. The minimum absolute atomic E-state index is 0.0895. The van der Waals surface area contributed by atoms with Gasteiger partial charge in [0.1, 0.15) is 11.6 Å². The Morgan fingerprint density at radius 1 is 1.08 bits per heavy atom. The second-order valence-electron chi connectivity index (χ2n) is 5.75. The molecule has 0 amide bonds. The number of aromatic nitrogens is 1. The van der Waals surface area contributed by atoms with E-state index in [4.69, 9.17) is 9.47 Å². The number of pyridine rings is 1. The van der Waals surface area contributed by atoms with Crippen LogP contribution < -0.4 is 9.47 Å². The topological polar surface area (TPSA) is 31.4 Å². The van der Waals surface area contributed by atoms with E-state index in [1.54, 1.807) is 25.4 Å². The molecule has 1 aromatic heterocycles. The fourth-order valence-corrected chi connectivity index (χ4v) is 2.80. The van der Waals surface area contributed by atoms with E-state index in [0.29, 0.717) is 17.2 Å². The first-order valence-corrected chi connectivity index (χ1v) is 8.00. The predicted molar refractivity (Wildman–Crippen MR) is 89.0 cm³/mol. The van der Waals surface area contributed by atoms with Crippen molar-refractivity contribution in [2.75, 3.05) is 7.11 Å². The van der Waals surface area contributed by atoms with Crippen LogP contribution in [0.25, 0.3) is 12.2 Å². The van der Waals surface area contributed by atoms with Crippen molar-refractivity contribution in [1.29, 1.82) is 0 Å².